The second kappa shape index (κ2) is 13.4. The van der Waals surface area contributed by atoms with E-state index in [-0.39, 0.29) is 20.8 Å². The molecule has 3 saturated heterocycles. The molecule has 6 heterocycles. The zero-order valence-corrected chi connectivity index (χ0v) is 31.3. The molecule has 8 rings (SSSR count). The van der Waals surface area contributed by atoms with Crippen LogP contribution in [0.2, 0.25) is 0 Å². The molecule has 1 spiro atoms. The lowest BCUT2D eigenvalue weighted by atomic mass is 9.86. The van der Waals surface area contributed by atoms with E-state index in [2.05, 4.69) is 54.7 Å². The number of piperidine rings is 1. The van der Waals surface area contributed by atoms with Crippen molar-refractivity contribution in [2.24, 2.45) is 5.41 Å². The van der Waals surface area contributed by atoms with Crippen LogP contribution in [0, 0.1) is 23.7 Å². The van der Waals surface area contributed by atoms with E-state index in [4.69, 9.17) is 4.98 Å². The van der Waals surface area contributed by atoms with Crippen molar-refractivity contribution in [3.8, 4) is 6.07 Å². The molecule has 52 heavy (non-hydrogen) atoms. The van der Waals surface area contributed by atoms with Gasteiger partial charge >= 0.3 is 6.18 Å². The molecule has 1 saturated carbocycles. The van der Waals surface area contributed by atoms with Gasteiger partial charge in [-0.2, -0.15) is 23.4 Å². The Balaban J connectivity index is 0.927. The second-order valence-electron chi connectivity index (χ2n) is 15.4. The summed E-state index contributed by atoms with van der Waals surface area (Å²) >= 11 is 1.08. The Labute approximate surface area is 306 Å². The lowest BCUT2D eigenvalue weighted by Gasteiger charge is -2.32. The largest absolute Gasteiger partial charge is 0.393 e. The SMILES string of the molecule is CNc1nc(N2CCC3(CCN(Cc4ccc5c(cc(C#N)n5CCN5CCC(S(=O)(=O)C6CC6)CC5)c4C)C3)C2)c2cc(CC(F)(F)F)sc2n1. The van der Waals surface area contributed by atoms with E-state index in [0.717, 1.165) is 100 Å². The lowest BCUT2D eigenvalue weighted by molar-refractivity contribution is -0.126. The molecule has 15 heteroatoms. The van der Waals surface area contributed by atoms with E-state index in [1.54, 1.807) is 13.1 Å². The number of hydrogen-bond donors (Lipinski definition) is 1. The summed E-state index contributed by atoms with van der Waals surface area (Å²) in [5.41, 5.74) is 4.20. The smallest absolute Gasteiger partial charge is 0.357 e. The van der Waals surface area contributed by atoms with Crippen molar-refractivity contribution in [1.29, 1.82) is 5.26 Å². The molecule has 0 radical (unpaired) electrons. The zero-order valence-electron chi connectivity index (χ0n) is 29.7. The summed E-state index contributed by atoms with van der Waals surface area (Å²) in [7, 11) is -1.25. The van der Waals surface area contributed by atoms with Gasteiger partial charge < -0.3 is 19.7 Å². The van der Waals surface area contributed by atoms with Crippen LogP contribution >= 0.6 is 11.3 Å². The van der Waals surface area contributed by atoms with E-state index in [0.29, 0.717) is 47.1 Å². The Kier molecular flexibility index (Phi) is 9.20. The molecule has 1 atom stereocenters. The number of nitriles is 1. The van der Waals surface area contributed by atoms with Crippen LogP contribution in [0.3, 0.4) is 0 Å². The van der Waals surface area contributed by atoms with Gasteiger partial charge in [-0.15, -0.1) is 11.3 Å². The van der Waals surface area contributed by atoms with Crippen LogP contribution in [0.1, 0.15) is 60.2 Å². The standard InChI is InChI=1S/C37H45F3N8O2S2/c1-24-25(3-6-32-30(24)17-26(20-41)48(32)16-15-45-11-7-29(8-12-45)52(49,50)28-4-5-28)21-46-13-9-36(22-46)10-14-47(23-36)33-31-18-27(19-37(38,39)40)51-34(31)44-35(42-2)43-33/h3,6,17-18,28-29H,4-5,7-16,19,21-23H2,1-2H3,(H,42,43,44). The number of sulfone groups is 1. The number of rotatable bonds is 10. The summed E-state index contributed by atoms with van der Waals surface area (Å²) in [4.78, 5) is 17.1. The summed E-state index contributed by atoms with van der Waals surface area (Å²) in [6, 6.07) is 10.4. The second-order valence-corrected chi connectivity index (χ2v) is 19.0. The van der Waals surface area contributed by atoms with Crippen LogP contribution in [0.25, 0.3) is 21.1 Å². The molecule has 4 aliphatic rings. The Morgan fingerprint density at radius 1 is 0.981 bits per heavy atom. The molecule has 1 aromatic carbocycles. The van der Waals surface area contributed by atoms with Gasteiger partial charge in [0.05, 0.1) is 22.3 Å². The number of likely N-dealkylation sites (tertiary alicyclic amines) is 2. The topological polar surface area (TPSA) is 110 Å². The van der Waals surface area contributed by atoms with Gasteiger partial charge in [0.25, 0.3) is 0 Å². The number of nitrogens with zero attached hydrogens (tertiary/aromatic N) is 7. The van der Waals surface area contributed by atoms with Gasteiger partial charge in [-0.05, 0) is 94.4 Å². The van der Waals surface area contributed by atoms with Crippen molar-refractivity contribution in [2.45, 2.75) is 81.6 Å². The number of anilines is 2. The zero-order chi connectivity index (χ0) is 36.4. The fraction of sp³-hybridized carbons (Fsp3) is 0.595. The van der Waals surface area contributed by atoms with Crippen LogP contribution in [0.5, 0.6) is 0 Å². The molecule has 1 aliphatic carbocycles. The lowest BCUT2D eigenvalue weighted by Crippen LogP contribution is -2.41. The maximum absolute atomic E-state index is 13.2. The predicted molar refractivity (Wildman–Crippen MR) is 199 cm³/mol. The van der Waals surface area contributed by atoms with Crippen molar-refractivity contribution in [2.75, 3.05) is 63.1 Å². The highest BCUT2D eigenvalue weighted by molar-refractivity contribution is 7.92. The Bertz CT molecular complexity index is 2150. The van der Waals surface area contributed by atoms with Crippen molar-refractivity contribution in [3.63, 3.8) is 0 Å². The average Bonchev–Trinajstić information content (AvgIpc) is 3.43. The molecular weight excluding hydrogens is 710 g/mol. The summed E-state index contributed by atoms with van der Waals surface area (Å²) < 4.78 is 67.2. The van der Waals surface area contributed by atoms with Gasteiger partial charge in [0.2, 0.25) is 5.95 Å². The van der Waals surface area contributed by atoms with Gasteiger partial charge in [-0.3, -0.25) is 4.90 Å². The highest BCUT2D eigenvalue weighted by Crippen LogP contribution is 2.44. The summed E-state index contributed by atoms with van der Waals surface area (Å²) in [6.45, 7) is 9.43. The third kappa shape index (κ3) is 6.87. The third-order valence-electron chi connectivity index (χ3n) is 11.9. The van der Waals surface area contributed by atoms with Gasteiger partial charge in [0, 0.05) is 67.5 Å². The van der Waals surface area contributed by atoms with Crippen LogP contribution in [-0.2, 0) is 29.3 Å². The highest BCUT2D eigenvalue weighted by Gasteiger charge is 2.45. The number of benzene rings is 1. The molecule has 4 aromatic rings. The highest BCUT2D eigenvalue weighted by atomic mass is 32.2. The van der Waals surface area contributed by atoms with Gasteiger partial charge in [0.1, 0.15) is 22.4 Å². The normalized spacial score (nSPS) is 22.3. The molecule has 3 aromatic heterocycles. The first-order chi connectivity index (χ1) is 24.8. The molecule has 1 N–H and O–H groups in total. The van der Waals surface area contributed by atoms with Crippen molar-refractivity contribution in [3.05, 3.63) is 46.0 Å². The van der Waals surface area contributed by atoms with E-state index in [1.807, 2.05) is 6.07 Å². The van der Waals surface area contributed by atoms with Crippen molar-refractivity contribution >= 4 is 54.1 Å². The minimum Gasteiger partial charge on any atom is -0.357 e. The maximum atomic E-state index is 13.2. The first kappa shape index (κ1) is 35.6. The van der Waals surface area contributed by atoms with Crippen LogP contribution < -0.4 is 10.2 Å². The number of thiophene rings is 1. The number of fused-ring (bicyclic) bond motifs is 2. The minimum absolute atomic E-state index is 0.0772. The number of halogens is 3. The van der Waals surface area contributed by atoms with Crippen LogP contribution in [0.4, 0.5) is 24.9 Å². The van der Waals surface area contributed by atoms with Crippen molar-refractivity contribution < 1.29 is 21.6 Å². The molecule has 0 bridgehead atoms. The van der Waals surface area contributed by atoms with Crippen molar-refractivity contribution in [1.82, 2.24) is 24.3 Å². The third-order valence-corrected chi connectivity index (χ3v) is 15.7. The van der Waals surface area contributed by atoms with Gasteiger partial charge in [-0.25, -0.2) is 13.4 Å². The van der Waals surface area contributed by atoms with E-state index in [9.17, 15) is 26.9 Å². The fourth-order valence-corrected chi connectivity index (χ4v) is 12.1. The Morgan fingerprint density at radius 3 is 2.44 bits per heavy atom. The Morgan fingerprint density at radius 2 is 1.73 bits per heavy atom. The number of aryl methyl sites for hydroxylation is 1. The fourth-order valence-electron chi connectivity index (χ4n) is 8.84. The minimum atomic E-state index is -4.28. The summed E-state index contributed by atoms with van der Waals surface area (Å²) in [5.74, 6) is 1.12. The van der Waals surface area contributed by atoms with Crippen LogP contribution in [-0.4, -0.2) is 102 Å². The van der Waals surface area contributed by atoms with Crippen LogP contribution in [0.15, 0.2) is 24.3 Å². The van der Waals surface area contributed by atoms with Gasteiger partial charge in [-0.1, -0.05) is 6.07 Å². The molecule has 1 unspecified atom stereocenters. The maximum Gasteiger partial charge on any atom is 0.393 e. The molecular formula is C37H45F3N8O2S2. The van der Waals surface area contributed by atoms with E-state index < -0.39 is 22.4 Å². The predicted octanol–water partition coefficient (Wildman–Crippen LogP) is 6.12. The van der Waals surface area contributed by atoms with Gasteiger partial charge in [0.15, 0.2) is 9.84 Å². The number of nitrogens with one attached hydrogen (secondary N) is 1. The molecule has 278 valence electrons. The number of hydrogen-bond acceptors (Lipinski definition) is 10. The first-order valence-corrected chi connectivity index (χ1v) is 20.8. The molecule has 10 nitrogen and oxygen atoms in total. The van der Waals surface area contributed by atoms with E-state index in [1.165, 1.54) is 11.1 Å². The molecule has 3 aliphatic heterocycles. The molecule has 4 fully saturated rings. The number of aromatic nitrogens is 3. The quantitative estimate of drug-likeness (QED) is 0.205. The summed E-state index contributed by atoms with van der Waals surface area (Å²) in [6.07, 6.45) is -0.188. The molecule has 0 amide bonds. The Hall–Kier alpha value is -3.45. The number of alkyl halides is 3. The first-order valence-electron chi connectivity index (χ1n) is 18.3. The summed E-state index contributed by atoms with van der Waals surface area (Å²) in [5, 5.41) is 14.5. The van der Waals surface area contributed by atoms with E-state index >= 15 is 0 Å². The average molecular weight is 755 g/mol. The monoisotopic (exact) mass is 754 g/mol.